The molecule has 2 aromatic heterocycles. The molecule has 2 N–H and O–H groups in total. The summed E-state index contributed by atoms with van der Waals surface area (Å²) in [5, 5.41) is 1.26. The Morgan fingerprint density at radius 2 is 1.97 bits per heavy atom. The number of fused-ring (bicyclic) bond motifs is 1. The molecule has 1 aromatic carbocycles. The van der Waals surface area contributed by atoms with Crippen LogP contribution in [0, 0.1) is 5.41 Å². The van der Waals surface area contributed by atoms with E-state index in [1.165, 1.54) is 27.8 Å². The summed E-state index contributed by atoms with van der Waals surface area (Å²) in [6, 6.07) is 8.73. The summed E-state index contributed by atoms with van der Waals surface area (Å²) in [6.07, 6.45) is 10.6. The first-order valence-corrected chi connectivity index (χ1v) is 13.3. The van der Waals surface area contributed by atoms with E-state index in [0.717, 1.165) is 48.1 Å². The van der Waals surface area contributed by atoms with Gasteiger partial charge in [-0.3, -0.25) is 0 Å². The van der Waals surface area contributed by atoms with E-state index >= 15 is 0 Å². The Kier molecular flexibility index (Phi) is 6.44. The predicted molar refractivity (Wildman–Crippen MR) is 135 cm³/mol. The molecule has 0 saturated carbocycles. The minimum atomic E-state index is 0.105. The van der Waals surface area contributed by atoms with Gasteiger partial charge in [-0.15, -0.1) is 11.8 Å². The average molecular weight is 500 g/mol. The molecule has 2 aliphatic rings. The SMILES string of the molecule is COc1nccc(Sc2cnc(N3CCC4(CC3)Cc3ccc(SC)cc3[C@H]4N)cn2)c1Cl. The van der Waals surface area contributed by atoms with Crippen LogP contribution < -0.4 is 15.4 Å². The van der Waals surface area contributed by atoms with Gasteiger partial charge in [-0.25, -0.2) is 15.0 Å². The van der Waals surface area contributed by atoms with Crippen LogP contribution in [0.3, 0.4) is 0 Å². The number of piperidine rings is 1. The van der Waals surface area contributed by atoms with Gasteiger partial charge in [0.25, 0.3) is 0 Å². The van der Waals surface area contributed by atoms with Gasteiger partial charge in [0.2, 0.25) is 5.88 Å². The van der Waals surface area contributed by atoms with Gasteiger partial charge in [0, 0.05) is 35.1 Å². The third-order valence-electron chi connectivity index (χ3n) is 6.82. The molecule has 172 valence electrons. The Morgan fingerprint density at radius 1 is 1.15 bits per heavy atom. The number of anilines is 1. The monoisotopic (exact) mass is 499 g/mol. The van der Waals surface area contributed by atoms with Crippen LogP contribution in [0.25, 0.3) is 0 Å². The Bertz CT molecular complexity index is 1150. The smallest absolute Gasteiger partial charge is 0.233 e. The highest BCUT2D eigenvalue weighted by Gasteiger charge is 2.46. The third-order valence-corrected chi connectivity index (χ3v) is 9.00. The highest BCUT2D eigenvalue weighted by atomic mass is 35.5. The lowest BCUT2D eigenvalue weighted by Crippen LogP contribution is -2.44. The van der Waals surface area contributed by atoms with E-state index in [-0.39, 0.29) is 11.5 Å². The molecule has 5 rings (SSSR count). The second kappa shape index (κ2) is 9.33. The summed E-state index contributed by atoms with van der Waals surface area (Å²) in [4.78, 5) is 17.9. The van der Waals surface area contributed by atoms with Crippen molar-refractivity contribution in [2.75, 3.05) is 31.4 Å². The molecule has 1 aliphatic carbocycles. The summed E-state index contributed by atoms with van der Waals surface area (Å²) in [5.41, 5.74) is 9.71. The average Bonchev–Trinajstić information content (AvgIpc) is 3.12. The Balaban J connectivity index is 1.25. The zero-order valence-corrected chi connectivity index (χ0v) is 21.0. The van der Waals surface area contributed by atoms with Crippen molar-refractivity contribution >= 4 is 40.9 Å². The molecule has 0 radical (unpaired) electrons. The van der Waals surface area contributed by atoms with Crippen molar-refractivity contribution in [3.05, 3.63) is 59.0 Å². The molecule has 0 amide bonds. The van der Waals surface area contributed by atoms with Gasteiger partial charge in [-0.05, 0) is 60.3 Å². The first-order valence-electron chi connectivity index (χ1n) is 10.9. The number of benzene rings is 1. The van der Waals surface area contributed by atoms with Crippen molar-refractivity contribution in [2.24, 2.45) is 11.1 Å². The van der Waals surface area contributed by atoms with Crippen LogP contribution in [-0.2, 0) is 6.42 Å². The molecule has 6 nitrogen and oxygen atoms in total. The number of thioether (sulfide) groups is 1. The zero-order valence-electron chi connectivity index (χ0n) is 18.6. The molecule has 3 aromatic rings. The maximum Gasteiger partial charge on any atom is 0.233 e. The lowest BCUT2D eigenvalue weighted by Gasteiger charge is -2.42. The molecule has 0 unspecified atom stereocenters. The Labute approximate surface area is 207 Å². The molecule has 1 spiro atoms. The molecular weight excluding hydrogens is 474 g/mol. The van der Waals surface area contributed by atoms with E-state index in [1.54, 1.807) is 31.3 Å². The highest BCUT2D eigenvalue weighted by Crippen LogP contribution is 2.51. The van der Waals surface area contributed by atoms with Crippen LogP contribution >= 0.6 is 35.1 Å². The van der Waals surface area contributed by atoms with Crippen molar-refractivity contribution in [1.29, 1.82) is 0 Å². The van der Waals surface area contributed by atoms with Crippen molar-refractivity contribution in [3.8, 4) is 5.88 Å². The molecular formula is C24H26ClN5OS2. The van der Waals surface area contributed by atoms with Crippen LogP contribution in [0.1, 0.15) is 30.0 Å². The maximum atomic E-state index is 6.81. The van der Waals surface area contributed by atoms with E-state index in [2.05, 4.69) is 44.3 Å². The molecule has 1 saturated heterocycles. The van der Waals surface area contributed by atoms with E-state index in [9.17, 15) is 0 Å². The fourth-order valence-corrected chi connectivity index (χ4v) is 6.40. The minimum absolute atomic E-state index is 0.105. The van der Waals surface area contributed by atoms with Gasteiger partial charge in [0.1, 0.15) is 15.9 Å². The Hall–Kier alpha value is -2.00. The lowest BCUT2D eigenvalue weighted by atomic mass is 9.73. The second-order valence-electron chi connectivity index (χ2n) is 8.52. The molecule has 3 heterocycles. The zero-order chi connectivity index (χ0) is 23.0. The summed E-state index contributed by atoms with van der Waals surface area (Å²) in [6.45, 7) is 1.87. The molecule has 33 heavy (non-hydrogen) atoms. The maximum absolute atomic E-state index is 6.81. The highest BCUT2D eigenvalue weighted by molar-refractivity contribution is 7.99. The number of nitrogens with zero attached hydrogens (tertiary/aromatic N) is 4. The van der Waals surface area contributed by atoms with Gasteiger partial charge in [0.15, 0.2) is 0 Å². The third kappa shape index (κ3) is 4.30. The normalized spacial score (nSPS) is 19.0. The van der Waals surface area contributed by atoms with Gasteiger partial charge in [0.05, 0.1) is 19.5 Å². The minimum Gasteiger partial charge on any atom is -0.480 e. The number of halogens is 1. The number of aromatic nitrogens is 3. The fraction of sp³-hybridized carbons (Fsp3) is 0.375. The topological polar surface area (TPSA) is 77.2 Å². The van der Waals surface area contributed by atoms with E-state index in [0.29, 0.717) is 10.9 Å². The summed E-state index contributed by atoms with van der Waals surface area (Å²) in [7, 11) is 1.55. The van der Waals surface area contributed by atoms with E-state index in [1.807, 2.05) is 12.3 Å². The number of nitrogens with two attached hydrogens (primary N) is 1. The van der Waals surface area contributed by atoms with E-state index < -0.39 is 0 Å². The fourth-order valence-electron chi connectivity index (χ4n) is 4.91. The van der Waals surface area contributed by atoms with Gasteiger partial charge in [-0.1, -0.05) is 29.4 Å². The van der Waals surface area contributed by atoms with Crippen LogP contribution in [0.15, 0.2) is 57.7 Å². The summed E-state index contributed by atoms with van der Waals surface area (Å²) < 4.78 is 5.19. The van der Waals surface area contributed by atoms with Gasteiger partial charge >= 0.3 is 0 Å². The second-order valence-corrected chi connectivity index (χ2v) is 10.8. The number of ether oxygens (including phenoxy) is 1. The van der Waals surface area contributed by atoms with Crippen LogP contribution in [0.4, 0.5) is 5.82 Å². The van der Waals surface area contributed by atoms with Crippen molar-refractivity contribution in [3.63, 3.8) is 0 Å². The first kappa shape index (κ1) is 22.8. The van der Waals surface area contributed by atoms with Crippen molar-refractivity contribution < 1.29 is 4.74 Å². The molecule has 1 atom stereocenters. The van der Waals surface area contributed by atoms with Crippen LogP contribution in [0.5, 0.6) is 5.88 Å². The van der Waals surface area contributed by atoms with Crippen LogP contribution in [0.2, 0.25) is 5.02 Å². The number of hydrogen-bond donors (Lipinski definition) is 1. The standard InChI is InChI=1S/C24H26ClN5OS2/c1-31-23-21(25)18(5-8-27-23)33-20-14-28-19(13-29-20)30-9-6-24(7-10-30)12-15-3-4-16(32-2)11-17(15)22(24)26/h3-5,8,11,13-14,22H,6-7,9-10,12,26H2,1-2H3/t22-/m1/s1. The number of methoxy groups -OCH3 is 1. The molecule has 9 heteroatoms. The van der Waals surface area contributed by atoms with Gasteiger partial charge in [-0.2, -0.15) is 0 Å². The Morgan fingerprint density at radius 3 is 2.67 bits per heavy atom. The number of hydrogen-bond acceptors (Lipinski definition) is 8. The largest absolute Gasteiger partial charge is 0.480 e. The molecule has 1 aliphatic heterocycles. The number of rotatable bonds is 5. The van der Waals surface area contributed by atoms with Crippen LogP contribution in [-0.4, -0.2) is 41.4 Å². The van der Waals surface area contributed by atoms with Gasteiger partial charge < -0.3 is 15.4 Å². The number of pyridine rings is 1. The quantitative estimate of drug-likeness (QED) is 0.477. The molecule has 1 fully saturated rings. The predicted octanol–water partition coefficient (Wildman–Crippen LogP) is 5.25. The van der Waals surface area contributed by atoms with Crippen molar-refractivity contribution in [1.82, 2.24) is 15.0 Å². The van der Waals surface area contributed by atoms with Crippen molar-refractivity contribution in [2.45, 2.75) is 40.1 Å². The lowest BCUT2D eigenvalue weighted by molar-refractivity contribution is 0.187. The molecule has 0 bridgehead atoms. The van der Waals surface area contributed by atoms with E-state index in [4.69, 9.17) is 22.1 Å². The summed E-state index contributed by atoms with van der Waals surface area (Å²) >= 11 is 9.58. The summed E-state index contributed by atoms with van der Waals surface area (Å²) in [5.74, 6) is 1.31. The first-order chi connectivity index (χ1) is 16.0.